The molecule has 0 spiro atoms. The summed E-state index contributed by atoms with van der Waals surface area (Å²) in [5.41, 5.74) is 0.984. The van der Waals surface area contributed by atoms with Crippen LogP contribution in [0.5, 0.6) is 0 Å². The summed E-state index contributed by atoms with van der Waals surface area (Å²) in [6.07, 6.45) is 7.32. The van der Waals surface area contributed by atoms with Gasteiger partial charge in [0.05, 0.1) is 12.0 Å². The maximum absolute atomic E-state index is 11.1. The van der Waals surface area contributed by atoms with E-state index in [1.807, 2.05) is 6.08 Å². The monoisotopic (exact) mass is 231 g/mol. The number of nitriles is 1. The zero-order valence-corrected chi connectivity index (χ0v) is 11.0. The van der Waals surface area contributed by atoms with Gasteiger partial charge in [-0.2, -0.15) is 5.26 Å². The molecule has 3 atom stereocenters. The quantitative estimate of drug-likeness (QED) is 0.648. The Bertz CT molecular complexity index is 402. The molecule has 1 fully saturated rings. The summed E-state index contributed by atoms with van der Waals surface area (Å²) in [7, 11) is 0. The lowest BCUT2D eigenvalue weighted by Gasteiger charge is -2.54. The van der Waals surface area contributed by atoms with Crippen LogP contribution in [-0.2, 0) is 4.79 Å². The highest BCUT2D eigenvalue weighted by Gasteiger charge is 2.52. The van der Waals surface area contributed by atoms with Crippen molar-refractivity contribution in [2.75, 3.05) is 0 Å². The number of fused-ring (bicyclic) bond motifs is 1. The number of allylic oxidation sites excluding steroid dienone is 2. The summed E-state index contributed by atoms with van der Waals surface area (Å²) in [5.74, 6) is 0.315. The van der Waals surface area contributed by atoms with Gasteiger partial charge in [0, 0.05) is 5.57 Å². The number of hydrogen-bond acceptors (Lipinski definition) is 2. The van der Waals surface area contributed by atoms with Crippen LogP contribution in [0.4, 0.5) is 0 Å². The second-order valence-corrected chi connectivity index (χ2v) is 6.52. The summed E-state index contributed by atoms with van der Waals surface area (Å²) in [4.78, 5) is 11.1. The Kier molecular flexibility index (Phi) is 2.89. The third-order valence-corrected chi connectivity index (χ3v) is 5.12. The molecule has 1 saturated carbocycles. The zero-order chi connectivity index (χ0) is 12.7. The first-order valence-corrected chi connectivity index (χ1v) is 6.50. The largest absolute Gasteiger partial charge is 0.298 e. The molecule has 92 valence electrons. The van der Waals surface area contributed by atoms with Crippen LogP contribution in [0.3, 0.4) is 0 Å². The molecule has 0 bridgehead atoms. The number of hydrogen-bond donors (Lipinski definition) is 0. The van der Waals surface area contributed by atoms with E-state index in [0.29, 0.717) is 11.5 Å². The van der Waals surface area contributed by atoms with Crippen molar-refractivity contribution in [2.24, 2.45) is 22.7 Å². The second-order valence-electron chi connectivity index (χ2n) is 6.52. The minimum atomic E-state index is -0.210. The molecule has 2 nitrogen and oxygen atoms in total. The van der Waals surface area contributed by atoms with Gasteiger partial charge in [0.15, 0.2) is 0 Å². The fourth-order valence-corrected chi connectivity index (χ4v) is 4.19. The topological polar surface area (TPSA) is 40.9 Å². The van der Waals surface area contributed by atoms with Gasteiger partial charge < -0.3 is 0 Å². The van der Waals surface area contributed by atoms with E-state index in [0.717, 1.165) is 19.1 Å². The molecule has 0 saturated heterocycles. The van der Waals surface area contributed by atoms with Crippen molar-refractivity contribution >= 4 is 6.29 Å². The summed E-state index contributed by atoms with van der Waals surface area (Å²) < 4.78 is 0. The fraction of sp³-hybridized carbons (Fsp3) is 0.733. The average Bonchev–Trinajstić information content (AvgIpc) is 2.26. The lowest BCUT2D eigenvalue weighted by molar-refractivity contribution is -0.106. The molecular weight excluding hydrogens is 210 g/mol. The van der Waals surface area contributed by atoms with Crippen LogP contribution in [0.15, 0.2) is 11.6 Å². The van der Waals surface area contributed by atoms with Gasteiger partial charge in [0.2, 0.25) is 0 Å². The van der Waals surface area contributed by atoms with Crippen molar-refractivity contribution in [1.82, 2.24) is 0 Å². The Hall–Kier alpha value is -1.10. The van der Waals surface area contributed by atoms with E-state index in [4.69, 9.17) is 0 Å². The second kappa shape index (κ2) is 3.98. The van der Waals surface area contributed by atoms with E-state index >= 15 is 0 Å². The van der Waals surface area contributed by atoms with E-state index in [2.05, 4.69) is 26.8 Å². The number of carbonyl (C=O) groups excluding carboxylic acids is 1. The summed E-state index contributed by atoms with van der Waals surface area (Å²) >= 11 is 0. The number of carbonyl (C=O) groups is 1. The molecule has 0 N–H and O–H groups in total. The Morgan fingerprint density at radius 1 is 1.41 bits per heavy atom. The number of rotatable bonds is 1. The molecule has 17 heavy (non-hydrogen) atoms. The van der Waals surface area contributed by atoms with Gasteiger partial charge in [-0.05, 0) is 36.0 Å². The minimum absolute atomic E-state index is 0.0124. The van der Waals surface area contributed by atoms with Gasteiger partial charge in [0.25, 0.3) is 0 Å². The zero-order valence-electron chi connectivity index (χ0n) is 11.0. The van der Waals surface area contributed by atoms with Crippen LogP contribution in [0, 0.1) is 34.0 Å². The van der Waals surface area contributed by atoms with Crippen molar-refractivity contribution in [1.29, 1.82) is 5.26 Å². The SMILES string of the molecule is CC1(C)CCC[C@]2(C)[C@H](C#N)C(C=O)=CC[C@@H]12. The van der Waals surface area contributed by atoms with E-state index < -0.39 is 0 Å². The lowest BCUT2D eigenvalue weighted by Crippen LogP contribution is -2.48. The molecule has 0 aromatic carbocycles. The summed E-state index contributed by atoms with van der Waals surface area (Å²) in [6.45, 7) is 6.83. The molecule has 0 heterocycles. The third-order valence-electron chi connectivity index (χ3n) is 5.12. The van der Waals surface area contributed by atoms with Crippen molar-refractivity contribution in [3.05, 3.63) is 11.6 Å². The van der Waals surface area contributed by atoms with Gasteiger partial charge in [-0.15, -0.1) is 0 Å². The third kappa shape index (κ3) is 1.73. The van der Waals surface area contributed by atoms with Crippen molar-refractivity contribution in [2.45, 2.75) is 46.5 Å². The van der Waals surface area contributed by atoms with Gasteiger partial charge in [-0.3, -0.25) is 4.79 Å². The molecule has 2 aliphatic carbocycles. The highest BCUT2D eigenvalue weighted by molar-refractivity contribution is 5.75. The Balaban J connectivity index is 2.46. The molecule has 0 radical (unpaired) electrons. The maximum atomic E-state index is 11.1. The van der Waals surface area contributed by atoms with Crippen molar-refractivity contribution in [3.63, 3.8) is 0 Å². The summed E-state index contributed by atoms with van der Waals surface area (Å²) in [5, 5.41) is 9.42. The first-order valence-electron chi connectivity index (χ1n) is 6.50. The predicted octanol–water partition coefficient (Wildman–Crippen LogP) is 3.49. The molecule has 2 rings (SSSR count). The van der Waals surface area contributed by atoms with E-state index in [-0.39, 0.29) is 16.7 Å². The van der Waals surface area contributed by atoms with Crippen LogP contribution in [0.2, 0.25) is 0 Å². The Labute approximate surface area is 104 Å². The molecule has 0 aromatic rings. The standard InChI is InChI=1S/C15H21NO/c1-14(2)7-4-8-15(3)12(9-16)11(10-17)5-6-13(14)15/h5,10,12-13H,4,6-8H2,1-3H3/t12-,13+,15-/m1/s1. The first-order chi connectivity index (χ1) is 7.95. The molecular formula is C15H21NO. The van der Waals surface area contributed by atoms with Crippen LogP contribution in [-0.4, -0.2) is 6.29 Å². The van der Waals surface area contributed by atoms with Gasteiger partial charge in [0.1, 0.15) is 6.29 Å². The molecule has 2 heteroatoms. The minimum Gasteiger partial charge on any atom is -0.298 e. The van der Waals surface area contributed by atoms with Crippen LogP contribution in [0.25, 0.3) is 0 Å². The molecule has 0 aromatic heterocycles. The Morgan fingerprint density at radius 3 is 2.71 bits per heavy atom. The maximum Gasteiger partial charge on any atom is 0.147 e. The first kappa shape index (κ1) is 12.4. The molecule has 0 unspecified atom stereocenters. The summed E-state index contributed by atoms with van der Waals surface area (Å²) in [6, 6.07) is 2.38. The van der Waals surface area contributed by atoms with Gasteiger partial charge >= 0.3 is 0 Å². The highest BCUT2D eigenvalue weighted by atomic mass is 16.1. The lowest BCUT2D eigenvalue weighted by atomic mass is 9.49. The van der Waals surface area contributed by atoms with E-state index in [9.17, 15) is 10.1 Å². The van der Waals surface area contributed by atoms with E-state index in [1.165, 1.54) is 12.8 Å². The van der Waals surface area contributed by atoms with Gasteiger partial charge in [-0.25, -0.2) is 0 Å². The highest BCUT2D eigenvalue weighted by Crippen LogP contribution is 2.59. The average molecular weight is 231 g/mol. The van der Waals surface area contributed by atoms with Gasteiger partial charge in [-0.1, -0.05) is 33.3 Å². The van der Waals surface area contributed by atoms with Crippen molar-refractivity contribution < 1.29 is 4.79 Å². The smallest absolute Gasteiger partial charge is 0.147 e. The van der Waals surface area contributed by atoms with E-state index in [1.54, 1.807) is 0 Å². The van der Waals surface area contributed by atoms with Crippen LogP contribution in [0.1, 0.15) is 46.5 Å². The normalized spacial score (nSPS) is 39.8. The number of nitrogens with zero attached hydrogens (tertiary/aromatic N) is 1. The fourth-order valence-electron chi connectivity index (χ4n) is 4.19. The molecule has 0 aliphatic heterocycles. The molecule has 2 aliphatic rings. The predicted molar refractivity (Wildman–Crippen MR) is 67.1 cm³/mol. The van der Waals surface area contributed by atoms with Crippen molar-refractivity contribution in [3.8, 4) is 6.07 Å². The Morgan fingerprint density at radius 2 is 2.12 bits per heavy atom. The number of aldehydes is 1. The van der Waals surface area contributed by atoms with Crippen LogP contribution >= 0.6 is 0 Å². The molecule has 0 amide bonds. The van der Waals surface area contributed by atoms with Crippen LogP contribution < -0.4 is 0 Å².